The van der Waals surface area contributed by atoms with Crippen LogP contribution in [0.25, 0.3) is 0 Å². The van der Waals surface area contributed by atoms with Crippen LogP contribution < -0.4 is 5.32 Å². The number of hydrogen-bond acceptors (Lipinski definition) is 2. The minimum absolute atomic E-state index is 0.00206. The summed E-state index contributed by atoms with van der Waals surface area (Å²) >= 11 is 0. The van der Waals surface area contributed by atoms with Crippen LogP contribution in [0.3, 0.4) is 0 Å². The van der Waals surface area contributed by atoms with E-state index >= 15 is 0 Å². The molecule has 1 aliphatic carbocycles. The molecule has 1 aliphatic rings. The molecule has 0 aromatic rings. The molecule has 76 valence electrons. The summed E-state index contributed by atoms with van der Waals surface area (Å²) in [5.41, 5.74) is 0.406. The fraction of sp³-hybridized carbons (Fsp3) is 0.900. The van der Waals surface area contributed by atoms with E-state index < -0.39 is 0 Å². The molecule has 0 heterocycles. The van der Waals surface area contributed by atoms with Crippen molar-refractivity contribution in [2.45, 2.75) is 32.6 Å². The molecule has 0 aliphatic heterocycles. The summed E-state index contributed by atoms with van der Waals surface area (Å²) in [4.78, 5) is 11.1. The number of carbonyl (C=O) groups excluding carboxylic acids is 1. The molecule has 3 heteroatoms. The highest BCUT2D eigenvalue weighted by Gasteiger charge is 2.34. The molecule has 1 N–H and O–H groups in total. The lowest BCUT2D eigenvalue weighted by molar-refractivity contribution is -0.125. The lowest BCUT2D eigenvalue weighted by Crippen LogP contribution is -2.42. The van der Waals surface area contributed by atoms with Crippen LogP contribution in [-0.4, -0.2) is 26.2 Å². The van der Waals surface area contributed by atoms with Crippen LogP contribution in [0.1, 0.15) is 32.6 Å². The van der Waals surface area contributed by atoms with Gasteiger partial charge in [-0.3, -0.25) is 4.79 Å². The van der Waals surface area contributed by atoms with Gasteiger partial charge >= 0.3 is 0 Å². The fourth-order valence-corrected chi connectivity index (χ4v) is 1.80. The molecule has 0 bridgehead atoms. The van der Waals surface area contributed by atoms with Crippen LogP contribution in [0.2, 0.25) is 0 Å². The van der Waals surface area contributed by atoms with E-state index in [4.69, 9.17) is 4.74 Å². The van der Waals surface area contributed by atoms with Gasteiger partial charge in [-0.1, -0.05) is 13.3 Å². The summed E-state index contributed by atoms with van der Waals surface area (Å²) < 4.78 is 4.74. The smallest absolute Gasteiger partial charge is 0.246 e. The monoisotopic (exact) mass is 185 g/mol. The molecular weight excluding hydrogens is 166 g/mol. The summed E-state index contributed by atoms with van der Waals surface area (Å²) in [5, 5.41) is 2.91. The van der Waals surface area contributed by atoms with Crippen LogP contribution in [0.5, 0.6) is 0 Å². The van der Waals surface area contributed by atoms with Crippen molar-refractivity contribution >= 4 is 5.91 Å². The van der Waals surface area contributed by atoms with Crippen molar-refractivity contribution in [3.05, 3.63) is 0 Å². The quantitative estimate of drug-likeness (QED) is 0.701. The molecule has 0 saturated heterocycles. The normalized spacial score (nSPS) is 19.2. The summed E-state index contributed by atoms with van der Waals surface area (Å²) in [5.74, 6) is 0.00206. The van der Waals surface area contributed by atoms with E-state index in [2.05, 4.69) is 12.2 Å². The van der Waals surface area contributed by atoms with Gasteiger partial charge in [0.1, 0.15) is 6.61 Å². The third-order valence-electron chi connectivity index (χ3n) is 3.10. The minimum atomic E-state index is 0.00206. The Labute approximate surface area is 79.8 Å². The van der Waals surface area contributed by atoms with E-state index in [0.29, 0.717) is 5.41 Å². The molecule has 0 atom stereocenters. The van der Waals surface area contributed by atoms with Crippen LogP contribution in [0.4, 0.5) is 0 Å². The predicted octanol–water partition coefficient (Wildman–Crippen LogP) is 1.33. The van der Waals surface area contributed by atoms with Crippen molar-refractivity contribution in [1.29, 1.82) is 0 Å². The zero-order chi connectivity index (χ0) is 9.73. The van der Waals surface area contributed by atoms with Gasteiger partial charge in [-0.2, -0.15) is 0 Å². The Morgan fingerprint density at radius 1 is 1.54 bits per heavy atom. The number of nitrogens with one attached hydrogen (secondary N) is 1. The van der Waals surface area contributed by atoms with Gasteiger partial charge in [0.25, 0.3) is 0 Å². The Kier molecular flexibility index (Phi) is 3.72. The molecule has 0 spiro atoms. The van der Waals surface area contributed by atoms with E-state index in [1.807, 2.05) is 0 Å². The molecule has 0 aromatic heterocycles. The summed E-state index contributed by atoms with van der Waals surface area (Å²) in [6.07, 6.45) is 5.00. The van der Waals surface area contributed by atoms with Gasteiger partial charge in [0.2, 0.25) is 5.91 Å². The standard InChI is InChI=1S/C10H19NO2/c1-3-10(5-4-6-10)8-11-9(12)7-13-2/h3-8H2,1-2H3,(H,11,12). The first kappa shape index (κ1) is 10.5. The Bertz CT molecular complexity index is 170. The topological polar surface area (TPSA) is 38.3 Å². The van der Waals surface area contributed by atoms with E-state index in [1.54, 1.807) is 7.11 Å². The lowest BCUT2D eigenvalue weighted by atomic mass is 9.67. The van der Waals surface area contributed by atoms with Gasteiger partial charge in [-0.15, -0.1) is 0 Å². The van der Waals surface area contributed by atoms with Gasteiger partial charge in [-0.25, -0.2) is 0 Å². The Morgan fingerprint density at radius 3 is 2.62 bits per heavy atom. The SMILES string of the molecule is CCC1(CNC(=O)COC)CCC1. The highest BCUT2D eigenvalue weighted by molar-refractivity contribution is 5.77. The van der Waals surface area contributed by atoms with E-state index in [9.17, 15) is 4.79 Å². The highest BCUT2D eigenvalue weighted by atomic mass is 16.5. The van der Waals surface area contributed by atoms with Gasteiger partial charge in [-0.05, 0) is 24.7 Å². The van der Waals surface area contributed by atoms with Gasteiger partial charge in [0.15, 0.2) is 0 Å². The number of rotatable bonds is 5. The molecule has 3 nitrogen and oxygen atoms in total. The van der Waals surface area contributed by atoms with Crippen molar-refractivity contribution in [1.82, 2.24) is 5.32 Å². The second-order valence-electron chi connectivity index (χ2n) is 3.92. The fourth-order valence-electron chi connectivity index (χ4n) is 1.80. The summed E-state index contributed by atoms with van der Waals surface area (Å²) in [7, 11) is 1.54. The third kappa shape index (κ3) is 2.69. The molecule has 1 fully saturated rings. The number of carbonyl (C=O) groups is 1. The second kappa shape index (κ2) is 4.61. The molecule has 1 saturated carbocycles. The van der Waals surface area contributed by atoms with Crippen LogP contribution in [0.15, 0.2) is 0 Å². The number of methoxy groups -OCH3 is 1. The largest absolute Gasteiger partial charge is 0.375 e. The highest BCUT2D eigenvalue weighted by Crippen LogP contribution is 2.42. The first-order valence-electron chi connectivity index (χ1n) is 4.98. The number of amides is 1. The minimum Gasteiger partial charge on any atom is -0.375 e. The van der Waals surface area contributed by atoms with Gasteiger partial charge in [0.05, 0.1) is 0 Å². The van der Waals surface area contributed by atoms with Crippen molar-refractivity contribution in [2.75, 3.05) is 20.3 Å². The number of ether oxygens (including phenoxy) is 1. The maximum absolute atomic E-state index is 11.1. The molecule has 0 radical (unpaired) electrons. The molecule has 0 aromatic carbocycles. The van der Waals surface area contributed by atoms with Crippen molar-refractivity contribution < 1.29 is 9.53 Å². The third-order valence-corrected chi connectivity index (χ3v) is 3.10. The number of hydrogen-bond donors (Lipinski definition) is 1. The average molecular weight is 185 g/mol. The first-order valence-corrected chi connectivity index (χ1v) is 4.98. The van der Waals surface area contributed by atoms with Crippen molar-refractivity contribution in [2.24, 2.45) is 5.41 Å². The first-order chi connectivity index (χ1) is 6.22. The van der Waals surface area contributed by atoms with Gasteiger partial charge in [0, 0.05) is 13.7 Å². The van der Waals surface area contributed by atoms with E-state index in [0.717, 1.165) is 6.54 Å². The lowest BCUT2D eigenvalue weighted by Gasteiger charge is -2.41. The van der Waals surface area contributed by atoms with Crippen LogP contribution in [-0.2, 0) is 9.53 Å². The van der Waals surface area contributed by atoms with Gasteiger partial charge < -0.3 is 10.1 Å². The maximum atomic E-state index is 11.1. The van der Waals surface area contributed by atoms with E-state index in [-0.39, 0.29) is 12.5 Å². The molecule has 1 rings (SSSR count). The van der Waals surface area contributed by atoms with Crippen molar-refractivity contribution in [3.8, 4) is 0 Å². The average Bonchev–Trinajstić information content (AvgIpc) is 2.04. The van der Waals surface area contributed by atoms with Crippen LogP contribution in [0, 0.1) is 5.41 Å². The molecule has 1 amide bonds. The Balaban J connectivity index is 2.20. The van der Waals surface area contributed by atoms with Crippen LogP contribution >= 0.6 is 0 Å². The van der Waals surface area contributed by atoms with E-state index in [1.165, 1.54) is 25.7 Å². The zero-order valence-electron chi connectivity index (χ0n) is 8.56. The zero-order valence-corrected chi connectivity index (χ0v) is 8.56. The second-order valence-corrected chi connectivity index (χ2v) is 3.92. The molecule has 13 heavy (non-hydrogen) atoms. The molecular formula is C10H19NO2. The van der Waals surface area contributed by atoms with Crippen molar-refractivity contribution in [3.63, 3.8) is 0 Å². The maximum Gasteiger partial charge on any atom is 0.246 e. The molecule has 0 unspecified atom stereocenters. The Morgan fingerprint density at radius 2 is 2.23 bits per heavy atom. The summed E-state index contributed by atoms with van der Waals surface area (Å²) in [6, 6.07) is 0. The predicted molar refractivity (Wildman–Crippen MR) is 51.5 cm³/mol. The Hall–Kier alpha value is -0.570. The summed E-state index contributed by atoms with van der Waals surface area (Å²) in [6.45, 7) is 3.20.